The third-order valence-electron chi connectivity index (χ3n) is 3.31. The van der Waals surface area contributed by atoms with Gasteiger partial charge in [0.05, 0.1) is 5.69 Å². The van der Waals surface area contributed by atoms with Crippen LogP contribution in [-0.4, -0.2) is 10.1 Å². The Bertz CT molecular complexity index is 528. The summed E-state index contributed by atoms with van der Waals surface area (Å²) in [4.78, 5) is 3.26. The molecule has 0 aliphatic heterocycles. The highest BCUT2D eigenvalue weighted by atomic mass is 79.9. The molecule has 0 aliphatic rings. The molecule has 0 spiro atoms. The van der Waals surface area contributed by atoms with E-state index in [0.717, 1.165) is 27.0 Å². The van der Waals surface area contributed by atoms with E-state index in [1.807, 2.05) is 38.1 Å². The van der Waals surface area contributed by atoms with E-state index in [2.05, 4.69) is 27.8 Å². The summed E-state index contributed by atoms with van der Waals surface area (Å²) in [6.45, 7) is 6.13. The highest BCUT2D eigenvalue weighted by molar-refractivity contribution is 9.10. The maximum atomic E-state index is 10.4. The Morgan fingerprint density at radius 2 is 1.65 bits per heavy atom. The van der Waals surface area contributed by atoms with Crippen molar-refractivity contribution in [3.8, 4) is 0 Å². The second-order valence-electron chi connectivity index (χ2n) is 4.37. The first-order chi connectivity index (χ1) is 8.00. The average Bonchev–Trinajstić information content (AvgIpc) is 2.57. The molecule has 2 nitrogen and oxygen atoms in total. The van der Waals surface area contributed by atoms with Gasteiger partial charge in [-0.2, -0.15) is 0 Å². The predicted molar refractivity (Wildman–Crippen MR) is 73.2 cm³/mol. The molecule has 0 radical (unpaired) electrons. The molecule has 0 amide bonds. The van der Waals surface area contributed by atoms with E-state index in [1.54, 1.807) is 0 Å². The molecule has 1 heterocycles. The van der Waals surface area contributed by atoms with Crippen LogP contribution in [0.3, 0.4) is 0 Å². The number of aliphatic hydroxyl groups excluding tert-OH is 1. The minimum atomic E-state index is -0.588. The molecule has 90 valence electrons. The fraction of sp³-hybridized carbons (Fsp3) is 0.286. The molecule has 0 saturated carbocycles. The van der Waals surface area contributed by atoms with Gasteiger partial charge in [0.1, 0.15) is 6.10 Å². The lowest BCUT2D eigenvalue weighted by atomic mass is 10.0. The number of aryl methyl sites for hydroxylation is 1. The predicted octanol–water partition coefficient (Wildman–Crippen LogP) is 3.78. The van der Waals surface area contributed by atoms with Crippen molar-refractivity contribution in [2.45, 2.75) is 26.9 Å². The van der Waals surface area contributed by atoms with Crippen LogP contribution in [0.4, 0.5) is 0 Å². The number of aromatic amines is 1. The number of aromatic nitrogens is 1. The van der Waals surface area contributed by atoms with Crippen molar-refractivity contribution >= 4 is 15.9 Å². The van der Waals surface area contributed by atoms with Crippen molar-refractivity contribution in [3.63, 3.8) is 0 Å². The van der Waals surface area contributed by atoms with Gasteiger partial charge < -0.3 is 10.1 Å². The molecular formula is C14H16BrNO. The summed E-state index contributed by atoms with van der Waals surface area (Å²) in [5.74, 6) is 0. The molecule has 1 aromatic heterocycles. The molecule has 2 aromatic rings. The molecule has 0 fully saturated rings. The molecule has 17 heavy (non-hydrogen) atoms. The van der Waals surface area contributed by atoms with Gasteiger partial charge in [0.15, 0.2) is 0 Å². The van der Waals surface area contributed by atoms with Crippen molar-refractivity contribution in [2.24, 2.45) is 0 Å². The molecule has 1 unspecified atom stereocenters. The second-order valence-corrected chi connectivity index (χ2v) is 5.28. The number of H-pyrrole nitrogens is 1. The zero-order valence-corrected chi connectivity index (χ0v) is 11.8. The fourth-order valence-electron chi connectivity index (χ4n) is 1.96. The third kappa shape index (κ3) is 2.31. The maximum Gasteiger partial charge on any atom is 0.119 e. The van der Waals surface area contributed by atoms with E-state index in [4.69, 9.17) is 0 Å². The van der Waals surface area contributed by atoms with Crippen molar-refractivity contribution < 1.29 is 5.11 Å². The summed E-state index contributed by atoms with van der Waals surface area (Å²) in [5.41, 5.74) is 5.27. The third-order valence-corrected chi connectivity index (χ3v) is 3.84. The first-order valence-electron chi connectivity index (χ1n) is 5.60. The normalized spacial score (nSPS) is 12.8. The molecule has 1 aromatic carbocycles. The van der Waals surface area contributed by atoms with Crippen molar-refractivity contribution in [1.29, 1.82) is 0 Å². The zero-order chi connectivity index (χ0) is 12.6. The number of halogens is 1. The van der Waals surface area contributed by atoms with Gasteiger partial charge >= 0.3 is 0 Å². The summed E-state index contributed by atoms with van der Waals surface area (Å²) in [5, 5.41) is 10.4. The smallest absolute Gasteiger partial charge is 0.119 e. The molecule has 0 bridgehead atoms. The summed E-state index contributed by atoms with van der Waals surface area (Å²) >= 11 is 3.39. The molecule has 3 heteroatoms. The summed E-state index contributed by atoms with van der Waals surface area (Å²) < 4.78 is 1.02. The van der Waals surface area contributed by atoms with E-state index >= 15 is 0 Å². The topological polar surface area (TPSA) is 36.0 Å². The van der Waals surface area contributed by atoms with Gasteiger partial charge in [-0.05, 0) is 49.6 Å². The molecular weight excluding hydrogens is 278 g/mol. The lowest BCUT2D eigenvalue weighted by Crippen LogP contribution is -2.01. The van der Waals surface area contributed by atoms with E-state index in [-0.39, 0.29) is 0 Å². The lowest BCUT2D eigenvalue weighted by Gasteiger charge is -2.11. The molecule has 1 atom stereocenters. The molecule has 0 saturated heterocycles. The first-order valence-corrected chi connectivity index (χ1v) is 6.39. The van der Waals surface area contributed by atoms with Gasteiger partial charge in [-0.1, -0.05) is 28.1 Å². The lowest BCUT2D eigenvalue weighted by molar-refractivity contribution is 0.215. The Hall–Kier alpha value is -1.06. The van der Waals surface area contributed by atoms with Crippen LogP contribution in [0.1, 0.15) is 34.2 Å². The first kappa shape index (κ1) is 12.4. The van der Waals surface area contributed by atoms with Gasteiger partial charge in [0, 0.05) is 10.2 Å². The van der Waals surface area contributed by atoms with Crippen LogP contribution >= 0.6 is 15.9 Å². The Kier molecular flexibility index (Phi) is 3.40. The van der Waals surface area contributed by atoms with Crippen LogP contribution in [0.5, 0.6) is 0 Å². The monoisotopic (exact) mass is 293 g/mol. The van der Waals surface area contributed by atoms with Gasteiger partial charge in [0.2, 0.25) is 0 Å². The van der Waals surface area contributed by atoms with Crippen molar-refractivity contribution in [2.75, 3.05) is 0 Å². The number of nitrogens with one attached hydrogen (secondary N) is 1. The molecule has 2 rings (SSSR count). The minimum absolute atomic E-state index is 0.588. The zero-order valence-electron chi connectivity index (χ0n) is 10.2. The molecule has 0 aliphatic carbocycles. The fourth-order valence-corrected chi connectivity index (χ4v) is 2.22. The van der Waals surface area contributed by atoms with Crippen LogP contribution in [0, 0.1) is 20.8 Å². The minimum Gasteiger partial charge on any atom is -0.382 e. The number of aliphatic hydroxyl groups is 1. The number of rotatable bonds is 2. The Morgan fingerprint density at radius 3 is 2.12 bits per heavy atom. The van der Waals surface area contributed by atoms with Crippen LogP contribution in [0.2, 0.25) is 0 Å². The van der Waals surface area contributed by atoms with Crippen LogP contribution in [0.15, 0.2) is 28.7 Å². The average molecular weight is 294 g/mol. The van der Waals surface area contributed by atoms with Crippen LogP contribution in [0.25, 0.3) is 0 Å². The summed E-state index contributed by atoms with van der Waals surface area (Å²) in [6, 6.07) is 7.74. The highest BCUT2D eigenvalue weighted by Crippen LogP contribution is 2.28. The Morgan fingerprint density at radius 1 is 1.06 bits per heavy atom. The Labute approximate surface area is 110 Å². The maximum absolute atomic E-state index is 10.4. The van der Waals surface area contributed by atoms with Gasteiger partial charge in [-0.3, -0.25) is 0 Å². The van der Waals surface area contributed by atoms with Gasteiger partial charge in [0.25, 0.3) is 0 Å². The standard InChI is InChI=1S/C14H16BrNO/c1-8-9(2)13(16-10(8)3)14(17)11-4-6-12(15)7-5-11/h4-7,14,16-17H,1-3H3. The number of benzene rings is 1. The van der Waals surface area contributed by atoms with Gasteiger partial charge in [-0.15, -0.1) is 0 Å². The van der Waals surface area contributed by atoms with E-state index in [1.165, 1.54) is 5.56 Å². The van der Waals surface area contributed by atoms with Crippen LogP contribution in [-0.2, 0) is 0 Å². The summed E-state index contributed by atoms with van der Waals surface area (Å²) in [6.07, 6.45) is -0.588. The van der Waals surface area contributed by atoms with Gasteiger partial charge in [-0.25, -0.2) is 0 Å². The number of hydrogen-bond donors (Lipinski definition) is 2. The van der Waals surface area contributed by atoms with Crippen molar-refractivity contribution in [1.82, 2.24) is 4.98 Å². The van der Waals surface area contributed by atoms with E-state index in [9.17, 15) is 5.11 Å². The van der Waals surface area contributed by atoms with Crippen molar-refractivity contribution in [3.05, 3.63) is 56.8 Å². The second kappa shape index (κ2) is 4.67. The molecule has 2 N–H and O–H groups in total. The SMILES string of the molecule is Cc1[nH]c(C(O)c2ccc(Br)cc2)c(C)c1C. The van der Waals surface area contributed by atoms with E-state index < -0.39 is 6.10 Å². The largest absolute Gasteiger partial charge is 0.382 e. The number of hydrogen-bond acceptors (Lipinski definition) is 1. The highest BCUT2D eigenvalue weighted by Gasteiger charge is 2.17. The summed E-state index contributed by atoms with van der Waals surface area (Å²) in [7, 11) is 0. The van der Waals surface area contributed by atoms with E-state index in [0.29, 0.717) is 0 Å². The Balaban J connectivity index is 2.40. The van der Waals surface area contributed by atoms with Crippen LogP contribution < -0.4 is 0 Å². The quantitative estimate of drug-likeness (QED) is 0.868.